The second-order valence-corrected chi connectivity index (χ2v) is 4.53. The monoisotopic (exact) mass is 300 g/mol. The normalized spacial score (nSPS) is 10.6. The molecule has 22 heavy (non-hydrogen) atoms. The van der Waals surface area contributed by atoms with E-state index in [1.54, 1.807) is 6.07 Å². The number of hydrogen-bond donors (Lipinski definition) is 1. The Morgan fingerprint density at radius 1 is 1.32 bits per heavy atom. The van der Waals surface area contributed by atoms with Crippen LogP contribution in [0, 0.1) is 10.1 Å². The third kappa shape index (κ3) is 2.41. The lowest BCUT2D eigenvalue weighted by atomic mass is 10.2. The van der Waals surface area contributed by atoms with Crippen molar-refractivity contribution in [2.75, 3.05) is 12.4 Å². The van der Waals surface area contributed by atoms with Gasteiger partial charge in [-0.2, -0.15) is 0 Å². The van der Waals surface area contributed by atoms with Crippen molar-refractivity contribution >= 4 is 22.4 Å². The molecule has 0 fully saturated rings. The van der Waals surface area contributed by atoms with Crippen LogP contribution >= 0.6 is 0 Å². The third-order valence-corrected chi connectivity index (χ3v) is 3.20. The van der Waals surface area contributed by atoms with Crippen LogP contribution in [0.5, 0.6) is 5.75 Å². The first-order chi connectivity index (χ1) is 10.7. The van der Waals surface area contributed by atoms with Crippen LogP contribution in [0.3, 0.4) is 0 Å². The highest BCUT2D eigenvalue weighted by Crippen LogP contribution is 2.40. The number of benzene rings is 2. The van der Waals surface area contributed by atoms with Gasteiger partial charge < -0.3 is 10.1 Å². The van der Waals surface area contributed by atoms with Gasteiger partial charge >= 0.3 is 5.69 Å². The molecule has 8 heteroatoms. The Morgan fingerprint density at radius 2 is 2.09 bits per heavy atom. The number of aromatic nitrogens is 2. The molecule has 112 valence electrons. The maximum Gasteiger partial charge on any atom is 0.327 e. The summed E-state index contributed by atoms with van der Waals surface area (Å²) in [7, 11) is 1.44. The van der Waals surface area contributed by atoms with Crippen molar-refractivity contribution in [3.05, 3.63) is 52.1 Å². The second kappa shape index (κ2) is 5.68. The molecule has 3 rings (SSSR count). The number of nitrogens with zero attached hydrogens (tertiary/aromatic N) is 3. The summed E-state index contributed by atoms with van der Waals surface area (Å²) in [6.45, 7) is 0.412. The molecule has 0 atom stereocenters. The van der Waals surface area contributed by atoms with E-state index >= 15 is 0 Å². The zero-order valence-electron chi connectivity index (χ0n) is 11.6. The zero-order chi connectivity index (χ0) is 15.5. The van der Waals surface area contributed by atoms with Gasteiger partial charge in [0.1, 0.15) is 5.52 Å². The van der Waals surface area contributed by atoms with Crippen molar-refractivity contribution in [2.24, 2.45) is 0 Å². The predicted octanol–water partition coefficient (Wildman–Crippen LogP) is 2.75. The molecule has 8 nitrogen and oxygen atoms in total. The van der Waals surface area contributed by atoms with E-state index in [2.05, 4.69) is 20.3 Å². The Balaban J connectivity index is 2.06. The molecule has 0 saturated heterocycles. The van der Waals surface area contributed by atoms with E-state index in [0.717, 1.165) is 5.56 Å². The molecule has 0 bridgehead atoms. The standard InChI is InChI=1S/C14H12N4O4/c1-21-11-7-10-12(17-22-16-10)14(18(19)20)13(11)15-8-9-5-3-2-4-6-9/h2-7,15H,8H2,1H3. The van der Waals surface area contributed by atoms with Crippen LogP contribution in [0.2, 0.25) is 0 Å². The average Bonchev–Trinajstić information content (AvgIpc) is 3.00. The fourth-order valence-corrected chi connectivity index (χ4v) is 2.18. The summed E-state index contributed by atoms with van der Waals surface area (Å²) in [4.78, 5) is 10.9. The van der Waals surface area contributed by atoms with Crippen molar-refractivity contribution in [2.45, 2.75) is 6.54 Å². The Kier molecular flexibility index (Phi) is 3.57. The van der Waals surface area contributed by atoms with Gasteiger partial charge in [-0.3, -0.25) is 10.1 Å². The SMILES string of the molecule is COc1cc2nonc2c([N+](=O)[O-])c1NCc1ccccc1. The average molecular weight is 300 g/mol. The van der Waals surface area contributed by atoms with E-state index in [1.807, 2.05) is 30.3 Å². The topological polar surface area (TPSA) is 103 Å². The molecular weight excluding hydrogens is 288 g/mol. The molecule has 0 aliphatic heterocycles. The van der Waals surface area contributed by atoms with Crippen LogP contribution in [0.15, 0.2) is 41.0 Å². The summed E-state index contributed by atoms with van der Waals surface area (Å²) < 4.78 is 9.81. The smallest absolute Gasteiger partial charge is 0.327 e. The minimum atomic E-state index is -0.525. The van der Waals surface area contributed by atoms with Gasteiger partial charge in [-0.25, -0.2) is 4.63 Å². The van der Waals surface area contributed by atoms with Crippen LogP contribution in [0.4, 0.5) is 11.4 Å². The number of nitro groups is 1. The molecular formula is C14H12N4O4. The van der Waals surface area contributed by atoms with E-state index in [4.69, 9.17) is 4.74 Å². The molecule has 3 aromatic rings. The second-order valence-electron chi connectivity index (χ2n) is 4.53. The number of nitrogens with one attached hydrogen (secondary N) is 1. The van der Waals surface area contributed by atoms with Gasteiger partial charge in [0.25, 0.3) is 0 Å². The summed E-state index contributed by atoms with van der Waals surface area (Å²) in [5.41, 5.74) is 1.37. The van der Waals surface area contributed by atoms with Gasteiger partial charge in [0.15, 0.2) is 11.4 Å². The Labute approximate surface area is 124 Å². The van der Waals surface area contributed by atoms with E-state index in [-0.39, 0.29) is 22.4 Å². The summed E-state index contributed by atoms with van der Waals surface area (Å²) in [5, 5.41) is 21.7. The summed E-state index contributed by atoms with van der Waals surface area (Å²) in [5.74, 6) is 0.311. The van der Waals surface area contributed by atoms with E-state index < -0.39 is 4.92 Å². The van der Waals surface area contributed by atoms with Crippen LogP contribution < -0.4 is 10.1 Å². The molecule has 1 aromatic heterocycles. The van der Waals surface area contributed by atoms with Gasteiger partial charge in [-0.15, -0.1) is 0 Å². The van der Waals surface area contributed by atoms with Gasteiger partial charge in [-0.05, 0) is 15.9 Å². The van der Waals surface area contributed by atoms with Crippen molar-refractivity contribution in [1.82, 2.24) is 10.3 Å². The van der Waals surface area contributed by atoms with Gasteiger partial charge in [0.05, 0.1) is 12.0 Å². The molecule has 0 aliphatic carbocycles. The number of methoxy groups -OCH3 is 1. The molecule has 1 heterocycles. The lowest BCUT2D eigenvalue weighted by Gasteiger charge is -2.11. The van der Waals surface area contributed by atoms with Crippen LogP contribution in [-0.2, 0) is 6.54 Å². The minimum Gasteiger partial charge on any atom is -0.494 e. The van der Waals surface area contributed by atoms with Gasteiger partial charge in [-0.1, -0.05) is 30.3 Å². The highest BCUT2D eigenvalue weighted by Gasteiger charge is 2.27. The summed E-state index contributed by atoms with van der Waals surface area (Å²) in [6.07, 6.45) is 0. The highest BCUT2D eigenvalue weighted by molar-refractivity contribution is 5.94. The minimum absolute atomic E-state index is 0.0846. The molecule has 0 radical (unpaired) electrons. The maximum atomic E-state index is 11.4. The van der Waals surface area contributed by atoms with Crippen LogP contribution in [-0.4, -0.2) is 22.3 Å². The molecule has 0 spiro atoms. The number of nitro benzene ring substituents is 1. The van der Waals surface area contributed by atoms with Gasteiger partial charge in [0.2, 0.25) is 5.52 Å². The number of ether oxygens (including phenoxy) is 1. The number of anilines is 1. The molecule has 1 N–H and O–H groups in total. The molecule has 0 unspecified atom stereocenters. The quantitative estimate of drug-likeness (QED) is 0.570. The Morgan fingerprint density at radius 3 is 2.77 bits per heavy atom. The molecule has 0 aliphatic rings. The molecule has 2 aromatic carbocycles. The van der Waals surface area contributed by atoms with Crippen molar-refractivity contribution in [1.29, 1.82) is 0 Å². The molecule has 0 saturated carbocycles. The van der Waals surface area contributed by atoms with E-state index in [1.165, 1.54) is 7.11 Å². The van der Waals surface area contributed by atoms with Crippen LogP contribution in [0.1, 0.15) is 5.56 Å². The lowest BCUT2D eigenvalue weighted by Crippen LogP contribution is -2.05. The lowest BCUT2D eigenvalue weighted by molar-refractivity contribution is -0.382. The van der Waals surface area contributed by atoms with E-state index in [0.29, 0.717) is 12.3 Å². The van der Waals surface area contributed by atoms with Gasteiger partial charge in [0, 0.05) is 12.6 Å². The third-order valence-electron chi connectivity index (χ3n) is 3.20. The summed E-state index contributed by atoms with van der Waals surface area (Å²) >= 11 is 0. The van der Waals surface area contributed by atoms with E-state index in [9.17, 15) is 10.1 Å². The molecule has 0 amide bonds. The predicted molar refractivity (Wildman–Crippen MR) is 78.8 cm³/mol. The Hall–Kier alpha value is -3.16. The first kappa shape index (κ1) is 13.8. The fraction of sp³-hybridized carbons (Fsp3) is 0.143. The van der Waals surface area contributed by atoms with Crippen molar-refractivity contribution in [3.8, 4) is 5.75 Å². The number of hydrogen-bond acceptors (Lipinski definition) is 7. The maximum absolute atomic E-state index is 11.4. The number of fused-ring (bicyclic) bond motifs is 1. The zero-order valence-corrected chi connectivity index (χ0v) is 11.6. The first-order valence-electron chi connectivity index (χ1n) is 6.46. The van der Waals surface area contributed by atoms with Crippen molar-refractivity contribution in [3.63, 3.8) is 0 Å². The first-order valence-corrected chi connectivity index (χ1v) is 6.46. The largest absolute Gasteiger partial charge is 0.494 e. The van der Waals surface area contributed by atoms with Crippen molar-refractivity contribution < 1.29 is 14.3 Å². The van der Waals surface area contributed by atoms with Crippen LogP contribution in [0.25, 0.3) is 11.0 Å². The fourth-order valence-electron chi connectivity index (χ4n) is 2.18. The Bertz CT molecular complexity index is 816. The number of rotatable bonds is 5. The highest BCUT2D eigenvalue weighted by atomic mass is 16.6. The summed E-state index contributed by atoms with van der Waals surface area (Å²) in [6, 6.07) is 11.1.